The van der Waals surface area contributed by atoms with Crippen LogP contribution in [0.4, 0.5) is 5.69 Å². The molecular formula is C22H21NO5S2. The highest BCUT2D eigenvalue weighted by atomic mass is 32.2. The number of carbonyl (C=O) groups is 2. The van der Waals surface area contributed by atoms with Gasteiger partial charge in [0.25, 0.3) is 0 Å². The zero-order valence-corrected chi connectivity index (χ0v) is 18.2. The molecule has 0 spiro atoms. The number of nitrogens with one attached hydrogen (secondary N) is 1. The van der Waals surface area contributed by atoms with Gasteiger partial charge in [-0.25, -0.2) is 13.2 Å². The number of benzene rings is 2. The first-order chi connectivity index (χ1) is 14.3. The summed E-state index contributed by atoms with van der Waals surface area (Å²) in [5.41, 5.74) is 1.99. The van der Waals surface area contributed by atoms with Crippen molar-refractivity contribution in [3.63, 3.8) is 0 Å². The number of rotatable bonds is 7. The lowest BCUT2D eigenvalue weighted by Gasteiger charge is -2.07. The average Bonchev–Trinajstić information content (AvgIpc) is 3.17. The van der Waals surface area contributed by atoms with Gasteiger partial charge < -0.3 is 10.1 Å². The molecule has 0 radical (unpaired) electrons. The van der Waals surface area contributed by atoms with Crippen LogP contribution in [0.5, 0.6) is 0 Å². The summed E-state index contributed by atoms with van der Waals surface area (Å²) in [6.07, 6.45) is 0.0452. The SMILES string of the molecule is CCS(=O)(=O)c1ccc(CC(=O)Nc2cc(-c3ccccc3)sc2C(=O)OC)cc1. The fraction of sp³-hybridized carbons (Fsp3) is 0.182. The van der Waals surface area contributed by atoms with Crippen molar-refractivity contribution < 1.29 is 22.7 Å². The molecule has 0 saturated carbocycles. The molecule has 0 aliphatic rings. The van der Waals surface area contributed by atoms with Crippen LogP contribution in [0.2, 0.25) is 0 Å². The van der Waals surface area contributed by atoms with E-state index < -0.39 is 15.8 Å². The van der Waals surface area contributed by atoms with Crippen molar-refractivity contribution in [2.75, 3.05) is 18.2 Å². The molecule has 1 heterocycles. The Labute approximate surface area is 179 Å². The van der Waals surface area contributed by atoms with Gasteiger partial charge in [-0.15, -0.1) is 11.3 Å². The van der Waals surface area contributed by atoms with Gasteiger partial charge in [0.15, 0.2) is 9.84 Å². The number of thiophene rings is 1. The first-order valence-corrected chi connectivity index (χ1v) is 11.7. The number of esters is 1. The monoisotopic (exact) mass is 443 g/mol. The van der Waals surface area contributed by atoms with E-state index in [1.807, 2.05) is 30.3 Å². The predicted molar refractivity (Wildman–Crippen MR) is 118 cm³/mol. The summed E-state index contributed by atoms with van der Waals surface area (Å²) >= 11 is 1.24. The van der Waals surface area contributed by atoms with Crippen LogP contribution in [0, 0.1) is 0 Å². The van der Waals surface area contributed by atoms with E-state index in [-0.39, 0.29) is 23.0 Å². The molecule has 0 bridgehead atoms. The Balaban J connectivity index is 1.79. The third kappa shape index (κ3) is 4.95. The lowest BCUT2D eigenvalue weighted by Crippen LogP contribution is -2.16. The van der Waals surface area contributed by atoms with E-state index in [1.54, 1.807) is 25.1 Å². The van der Waals surface area contributed by atoms with E-state index >= 15 is 0 Å². The molecule has 3 aromatic rings. The van der Waals surface area contributed by atoms with Crippen molar-refractivity contribution in [3.8, 4) is 10.4 Å². The Bertz CT molecular complexity index is 1150. The number of hydrogen-bond donors (Lipinski definition) is 1. The highest BCUT2D eigenvalue weighted by molar-refractivity contribution is 7.91. The molecule has 1 amide bonds. The Morgan fingerprint density at radius 3 is 2.30 bits per heavy atom. The maximum absolute atomic E-state index is 12.6. The maximum Gasteiger partial charge on any atom is 0.350 e. The highest BCUT2D eigenvalue weighted by Gasteiger charge is 2.20. The van der Waals surface area contributed by atoms with E-state index in [1.165, 1.54) is 30.6 Å². The van der Waals surface area contributed by atoms with E-state index in [4.69, 9.17) is 4.74 Å². The van der Waals surface area contributed by atoms with Crippen LogP contribution in [-0.4, -0.2) is 33.2 Å². The molecule has 0 saturated heterocycles. The zero-order chi connectivity index (χ0) is 21.7. The zero-order valence-electron chi connectivity index (χ0n) is 16.5. The second-order valence-electron chi connectivity index (χ2n) is 6.48. The number of carbonyl (C=O) groups excluding carboxylic acids is 2. The maximum atomic E-state index is 12.6. The molecule has 8 heteroatoms. The Morgan fingerprint density at radius 1 is 1.03 bits per heavy atom. The normalized spacial score (nSPS) is 11.1. The molecule has 2 aromatic carbocycles. The number of hydrogen-bond acceptors (Lipinski definition) is 6. The first kappa shape index (κ1) is 21.7. The third-order valence-electron chi connectivity index (χ3n) is 4.46. The minimum atomic E-state index is -3.28. The molecule has 156 valence electrons. The largest absolute Gasteiger partial charge is 0.465 e. The van der Waals surface area contributed by atoms with Crippen LogP contribution in [0.15, 0.2) is 65.6 Å². The summed E-state index contributed by atoms with van der Waals surface area (Å²) < 4.78 is 28.7. The van der Waals surface area contributed by atoms with Crippen LogP contribution in [0.1, 0.15) is 22.2 Å². The van der Waals surface area contributed by atoms with Gasteiger partial charge in [0, 0.05) is 4.88 Å². The summed E-state index contributed by atoms with van der Waals surface area (Å²) in [4.78, 5) is 26.1. The van der Waals surface area contributed by atoms with Crippen LogP contribution in [0.25, 0.3) is 10.4 Å². The van der Waals surface area contributed by atoms with Gasteiger partial charge in [-0.3, -0.25) is 4.79 Å². The van der Waals surface area contributed by atoms with Crippen molar-refractivity contribution in [2.45, 2.75) is 18.2 Å². The summed E-state index contributed by atoms with van der Waals surface area (Å²) in [7, 11) is -1.99. The van der Waals surface area contributed by atoms with Gasteiger partial charge in [-0.05, 0) is 29.3 Å². The quantitative estimate of drug-likeness (QED) is 0.554. The molecular weight excluding hydrogens is 422 g/mol. The summed E-state index contributed by atoms with van der Waals surface area (Å²) in [6.45, 7) is 1.58. The fourth-order valence-electron chi connectivity index (χ4n) is 2.83. The van der Waals surface area contributed by atoms with E-state index in [0.717, 1.165) is 10.4 Å². The summed E-state index contributed by atoms with van der Waals surface area (Å²) in [5, 5.41) is 2.77. The first-order valence-electron chi connectivity index (χ1n) is 9.23. The van der Waals surface area contributed by atoms with Crippen LogP contribution >= 0.6 is 11.3 Å². The second kappa shape index (κ2) is 9.23. The predicted octanol–water partition coefficient (Wildman–Crippen LogP) is 4.18. The average molecular weight is 444 g/mol. The molecule has 0 aliphatic carbocycles. The van der Waals surface area contributed by atoms with E-state index in [0.29, 0.717) is 16.1 Å². The molecule has 6 nitrogen and oxygen atoms in total. The molecule has 0 aliphatic heterocycles. The number of amides is 1. The van der Waals surface area contributed by atoms with Crippen LogP contribution in [-0.2, 0) is 25.8 Å². The van der Waals surface area contributed by atoms with Crippen molar-refractivity contribution in [1.82, 2.24) is 0 Å². The number of sulfone groups is 1. The van der Waals surface area contributed by atoms with Crippen LogP contribution < -0.4 is 5.32 Å². The molecule has 1 aromatic heterocycles. The van der Waals surface area contributed by atoms with Crippen molar-refractivity contribution >= 4 is 38.7 Å². The lowest BCUT2D eigenvalue weighted by atomic mass is 10.1. The van der Waals surface area contributed by atoms with Gasteiger partial charge in [-0.1, -0.05) is 49.4 Å². The number of ether oxygens (including phenoxy) is 1. The summed E-state index contributed by atoms with van der Waals surface area (Å²) in [5.74, 6) is -0.819. The summed E-state index contributed by atoms with van der Waals surface area (Å²) in [6, 6.07) is 17.5. The van der Waals surface area contributed by atoms with Gasteiger partial charge in [0.2, 0.25) is 5.91 Å². The second-order valence-corrected chi connectivity index (χ2v) is 9.81. The van der Waals surface area contributed by atoms with E-state index in [2.05, 4.69) is 5.32 Å². The molecule has 0 fully saturated rings. The van der Waals surface area contributed by atoms with Gasteiger partial charge in [0.1, 0.15) is 4.88 Å². The van der Waals surface area contributed by atoms with Gasteiger partial charge in [0.05, 0.1) is 29.9 Å². The van der Waals surface area contributed by atoms with Crippen LogP contribution in [0.3, 0.4) is 0 Å². The molecule has 1 N–H and O–H groups in total. The Morgan fingerprint density at radius 2 is 1.70 bits per heavy atom. The van der Waals surface area contributed by atoms with Crippen molar-refractivity contribution in [1.29, 1.82) is 0 Å². The number of anilines is 1. The van der Waals surface area contributed by atoms with Gasteiger partial charge in [-0.2, -0.15) is 0 Å². The molecule has 30 heavy (non-hydrogen) atoms. The third-order valence-corrected chi connectivity index (χ3v) is 7.38. The smallest absolute Gasteiger partial charge is 0.350 e. The molecule has 0 unspecified atom stereocenters. The standard InChI is InChI=1S/C22H21NO5S2/c1-3-30(26,27)17-11-9-15(10-12-17)13-20(24)23-18-14-19(16-7-5-4-6-8-16)29-21(18)22(25)28-2/h4-12,14H,3,13H2,1-2H3,(H,23,24). The van der Waals surface area contributed by atoms with E-state index in [9.17, 15) is 18.0 Å². The Kier molecular flexibility index (Phi) is 6.69. The van der Waals surface area contributed by atoms with Crippen molar-refractivity contribution in [2.24, 2.45) is 0 Å². The minimum Gasteiger partial charge on any atom is -0.465 e. The highest BCUT2D eigenvalue weighted by Crippen LogP contribution is 2.35. The van der Waals surface area contributed by atoms with Crippen molar-refractivity contribution in [3.05, 3.63) is 71.1 Å². The molecule has 0 atom stereocenters. The topological polar surface area (TPSA) is 89.5 Å². The molecule has 3 rings (SSSR count). The minimum absolute atomic E-state index is 0.0189. The van der Waals surface area contributed by atoms with Gasteiger partial charge >= 0.3 is 5.97 Å². The fourth-order valence-corrected chi connectivity index (χ4v) is 4.76. The number of methoxy groups -OCH3 is 1. The lowest BCUT2D eigenvalue weighted by molar-refractivity contribution is -0.115. The Hall–Kier alpha value is -2.97.